The number of carbonyl (C=O) groups is 2. The Morgan fingerprint density at radius 3 is 2.64 bits per heavy atom. The Labute approximate surface area is 88.8 Å². The third-order valence-corrected chi connectivity index (χ3v) is 2.34. The topological polar surface area (TPSA) is 66.4 Å². The highest BCUT2D eigenvalue weighted by Crippen LogP contribution is 2.25. The van der Waals surface area contributed by atoms with E-state index >= 15 is 0 Å². The van der Waals surface area contributed by atoms with Crippen LogP contribution in [0.4, 0.5) is 5.00 Å². The number of hydrogen-bond acceptors (Lipinski definition) is 3. The molecular weight excluding hydrogens is 226 g/mol. The van der Waals surface area contributed by atoms with Gasteiger partial charge in [-0.3, -0.25) is 4.79 Å². The van der Waals surface area contributed by atoms with E-state index in [0.29, 0.717) is 9.34 Å². The van der Waals surface area contributed by atoms with E-state index in [2.05, 4.69) is 5.32 Å². The van der Waals surface area contributed by atoms with E-state index in [1.807, 2.05) is 0 Å². The molecule has 0 saturated carbocycles. The quantitative estimate of drug-likeness (QED) is 0.782. The minimum atomic E-state index is -1.16. The largest absolute Gasteiger partial charge is 0.478 e. The Balaban J connectivity index is 2.53. The van der Waals surface area contributed by atoms with Crippen molar-refractivity contribution >= 4 is 39.8 Å². The Bertz CT molecular complexity index is 386. The first kappa shape index (κ1) is 10.7. The molecule has 0 aromatic carbocycles. The summed E-state index contributed by atoms with van der Waals surface area (Å²) in [6.07, 6.45) is 1.71. The standard InChI is InChI=1S/C8H6ClNO3S/c9-5-1-3-7(14-5)10-6(11)2-4-8(12)13/h1-4H,(H,10,11)(H,12,13)/b4-2+. The summed E-state index contributed by atoms with van der Waals surface area (Å²) in [6.45, 7) is 0. The zero-order valence-electron chi connectivity index (χ0n) is 6.86. The Morgan fingerprint density at radius 1 is 1.43 bits per heavy atom. The van der Waals surface area contributed by atoms with Gasteiger partial charge in [-0.15, -0.1) is 11.3 Å². The number of carbonyl (C=O) groups excluding carboxylic acids is 1. The molecular formula is C8H6ClNO3S. The van der Waals surface area contributed by atoms with Crippen LogP contribution < -0.4 is 5.32 Å². The van der Waals surface area contributed by atoms with Crippen LogP contribution >= 0.6 is 22.9 Å². The normalized spacial score (nSPS) is 10.4. The number of aliphatic carboxylic acids is 1. The van der Waals surface area contributed by atoms with Gasteiger partial charge in [-0.2, -0.15) is 0 Å². The third-order valence-electron chi connectivity index (χ3n) is 1.20. The monoisotopic (exact) mass is 231 g/mol. The maximum Gasteiger partial charge on any atom is 0.328 e. The Kier molecular flexibility index (Phi) is 3.67. The van der Waals surface area contributed by atoms with Crippen LogP contribution in [0.1, 0.15) is 0 Å². The first-order valence-corrected chi connectivity index (χ1v) is 4.74. The highest BCUT2D eigenvalue weighted by atomic mass is 35.5. The second kappa shape index (κ2) is 4.78. The fourth-order valence-corrected chi connectivity index (χ4v) is 1.64. The van der Waals surface area contributed by atoms with Crippen LogP contribution in [0.15, 0.2) is 24.3 Å². The van der Waals surface area contributed by atoms with Gasteiger partial charge in [0.25, 0.3) is 0 Å². The van der Waals surface area contributed by atoms with Crippen LogP contribution in [0, 0.1) is 0 Å². The van der Waals surface area contributed by atoms with Gasteiger partial charge in [-0.1, -0.05) is 11.6 Å². The van der Waals surface area contributed by atoms with Crippen molar-refractivity contribution in [3.05, 3.63) is 28.6 Å². The van der Waals surface area contributed by atoms with Gasteiger partial charge >= 0.3 is 5.97 Å². The summed E-state index contributed by atoms with van der Waals surface area (Å²) in [5.41, 5.74) is 0. The number of carboxylic acid groups (broad SMARTS) is 1. The molecule has 0 radical (unpaired) electrons. The van der Waals surface area contributed by atoms with Gasteiger partial charge in [0.1, 0.15) is 0 Å². The molecule has 2 N–H and O–H groups in total. The van der Waals surface area contributed by atoms with Gasteiger partial charge in [-0.25, -0.2) is 4.79 Å². The molecule has 0 saturated heterocycles. The van der Waals surface area contributed by atoms with Crippen molar-refractivity contribution in [1.29, 1.82) is 0 Å². The molecule has 1 rings (SSSR count). The van der Waals surface area contributed by atoms with Crippen LogP contribution in [0.5, 0.6) is 0 Å². The van der Waals surface area contributed by atoms with E-state index < -0.39 is 11.9 Å². The number of halogens is 1. The molecule has 1 aromatic rings. The predicted octanol–water partition coefficient (Wildman–Crippen LogP) is 1.98. The molecule has 0 aliphatic rings. The predicted molar refractivity (Wildman–Crippen MR) is 54.7 cm³/mol. The first-order valence-electron chi connectivity index (χ1n) is 3.55. The van der Waals surface area contributed by atoms with E-state index in [0.717, 1.165) is 12.2 Å². The van der Waals surface area contributed by atoms with Crippen molar-refractivity contribution in [1.82, 2.24) is 0 Å². The van der Waals surface area contributed by atoms with Gasteiger partial charge in [0.05, 0.1) is 9.34 Å². The van der Waals surface area contributed by atoms with Crippen molar-refractivity contribution < 1.29 is 14.7 Å². The van der Waals surface area contributed by atoms with E-state index in [9.17, 15) is 9.59 Å². The van der Waals surface area contributed by atoms with Crippen LogP contribution in [0.25, 0.3) is 0 Å². The van der Waals surface area contributed by atoms with Crippen molar-refractivity contribution in [2.45, 2.75) is 0 Å². The molecule has 0 aliphatic heterocycles. The maximum absolute atomic E-state index is 11.0. The third kappa shape index (κ3) is 3.59. The molecule has 1 heterocycles. The van der Waals surface area contributed by atoms with Crippen molar-refractivity contribution in [2.75, 3.05) is 5.32 Å². The second-order valence-corrected chi connectivity index (χ2v) is 3.98. The highest BCUT2D eigenvalue weighted by Gasteiger charge is 2.01. The lowest BCUT2D eigenvalue weighted by Gasteiger charge is -1.94. The molecule has 0 atom stereocenters. The summed E-state index contributed by atoms with van der Waals surface area (Å²) in [5, 5.41) is 11.3. The molecule has 0 fully saturated rings. The number of nitrogens with one attached hydrogen (secondary N) is 1. The Morgan fingerprint density at radius 2 is 2.14 bits per heavy atom. The summed E-state index contributed by atoms with van der Waals surface area (Å²) < 4.78 is 0.558. The Hall–Kier alpha value is -1.33. The molecule has 1 amide bonds. The van der Waals surface area contributed by atoms with Crippen LogP contribution in [0.2, 0.25) is 4.34 Å². The molecule has 0 unspecified atom stereocenters. The van der Waals surface area contributed by atoms with Crippen LogP contribution in [0.3, 0.4) is 0 Å². The lowest BCUT2D eigenvalue weighted by molar-refractivity contribution is -0.131. The number of carboxylic acids is 1. The number of anilines is 1. The van der Waals surface area contributed by atoms with Crippen molar-refractivity contribution in [3.8, 4) is 0 Å². The first-order chi connectivity index (χ1) is 6.58. The van der Waals surface area contributed by atoms with E-state index in [1.165, 1.54) is 11.3 Å². The zero-order valence-corrected chi connectivity index (χ0v) is 8.43. The van der Waals surface area contributed by atoms with Crippen molar-refractivity contribution in [2.24, 2.45) is 0 Å². The molecule has 74 valence electrons. The molecule has 0 aliphatic carbocycles. The average Bonchev–Trinajstić information content (AvgIpc) is 2.48. The maximum atomic E-state index is 11.0. The second-order valence-electron chi connectivity index (χ2n) is 2.26. The van der Waals surface area contributed by atoms with Gasteiger partial charge in [0.15, 0.2) is 0 Å². The fraction of sp³-hybridized carbons (Fsp3) is 0. The average molecular weight is 232 g/mol. The van der Waals surface area contributed by atoms with Gasteiger partial charge in [0.2, 0.25) is 5.91 Å². The van der Waals surface area contributed by atoms with Gasteiger partial charge in [-0.05, 0) is 12.1 Å². The molecule has 0 bridgehead atoms. The summed E-state index contributed by atoms with van der Waals surface area (Å²) in [7, 11) is 0. The number of hydrogen-bond donors (Lipinski definition) is 2. The number of thiophene rings is 1. The van der Waals surface area contributed by atoms with E-state index in [1.54, 1.807) is 12.1 Å². The summed E-state index contributed by atoms with van der Waals surface area (Å²) in [4.78, 5) is 21.1. The minimum absolute atomic E-state index is 0.495. The molecule has 0 spiro atoms. The van der Waals surface area contributed by atoms with Crippen molar-refractivity contribution in [3.63, 3.8) is 0 Å². The SMILES string of the molecule is O=C(O)/C=C/C(=O)Nc1ccc(Cl)s1. The van der Waals surface area contributed by atoms with E-state index in [-0.39, 0.29) is 0 Å². The summed E-state index contributed by atoms with van der Waals surface area (Å²) in [6, 6.07) is 3.28. The molecule has 4 nitrogen and oxygen atoms in total. The lowest BCUT2D eigenvalue weighted by Crippen LogP contribution is -2.07. The van der Waals surface area contributed by atoms with E-state index in [4.69, 9.17) is 16.7 Å². The summed E-state index contributed by atoms with van der Waals surface area (Å²) >= 11 is 6.83. The van der Waals surface area contributed by atoms with Crippen LogP contribution in [-0.4, -0.2) is 17.0 Å². The van der Waals surface area contributed by atoms with Crippen LogP contribution in [-0.2, 0) is 9.59 Å². The summed E-state index contributed by atoms with van der Waals surface area (Å²) in [5.74, 6) is -1.66. The molecule has 14 heavy (non-hydrogen) atoms. The fourth-order valence-electron chi connectivity index (χ4n) is 0.692. The lowest BCUT2D eigenvalue weighted by atomic mass is 10.4. The number of amides is 1. The highest BCUT2D eigenvalue weighted by molar-refractivity contribution is 7.20. The molecule has 6 heteroatoms. The van der Waals surface area contributed by atoms with Gasteiger partial charge in [0, 0.05) is 12.2 Å². The minimum Gasteiger partial charge on any atom is -0.478 e. The molecule has 1 aromatic heterocycles. The smallest absolute Gasteiger partial charge is 0.328 e. The zero-order chi connectivity index (χ0) is 10.6. The van der Waals surface area contributed by atoms with Gasteiger partial charge < -0.3 is 10.4 Å². The number of rotatable bonds is 3.